The molecule has 1 fully saturated rings. The molecule has 1 aliphatic heterocycles. The Morgan fingerprint density at radius 2 is 1.88 bits per heavy atom. The summed E-state index contributed by atoms with van der Waals surface area (Å²) in [7, 11) is 0. The lowest BCUT2D eigenvalue weighted by Gasteiger charge is -2.30. The van der Waals surface area contributed by atoms with Gasteiger partial charge in [-0.1, -0.05) is 55.0 Å². The van der Waals surface area contributed by atoms with Crippen LogP contribution in [0.5, 0.6) is 5.75 Å². The zero-order valence-corrected chi connectivity index (χ0v) is 23.9. The third-order valence-corrected chi connectivity index (χ3v) is 7.56. The number of benzene rings is 2. The van der Waals surface area contributed by atoms with Gasteiger partial charge in [0.1, 0.15) is 18.4 Å². The first-order valence-electron chi connectivity index (χ1n) is 14.5. The van der Waals surface area contributed by atoms with Crippen LogP contribution in [0.15, 0.2) is 66.8 Å². The van der Waals surface area contributed by atoms with Gasteiger partial charge in [0.15, 0.2) is 5.79 Å². The average Bonchev–Trinajstić information content (AvgIpc) is 3.44. The maximum absolute atomic E-state index is 12.5. The molecule has 220 valence electrons. The van der Waals surface area contributed by atoms with E-state index in [1.165, 1.54) is 11.1 Å². The van der Waals surface area contributed by atoms with E-state index in [4.69, 9.17) is 30.4 Å². The van der Waals surface area contributed by atoms with Crippen LogP contribution in [0.25, 0.3) is 5.57 Å². The zero-order valence-electron chi connectivity index (χ0n) is 23.9. The topological polar surface area (TPSA) is 123 Å². The van der Waals surface area contributed by atoms with Gasteiger partial charge in [0.2, 0.25) is 0 Å². The number of hydrogen-bond donors (Lipinski definition) is 2. The predicted octanol–water partition coefficient (Wildman–Crippen LogP) is 5.15. The molecule has 1 heterocycles. The Kier molecular flexibility index (Phi) is 11.3. The van der Waals surface area contributed by atoms with Gasteiger partial charge in [0.25, 0.3) is 0 Å². The van der Waals surface area contributed by atoms with E-state index in [0.717, 1.165) is 42.6 Å². The molecule has 1 aliphatic carbocycles. The molecule has 41 heavy (non-hydrogen) atoms. The minimum absolute atomic E-state index is 0.0355. The van der Waals surface area contributed by atoms with Crippen LogP contribution in [0.2, 0.25) is 0 Å². The molecule has 2 aromatic rings. The van der Waals surface area contributed by atoms with Gasteiger partial charge in [-0.2, -0.15) is 0 Å². The number of esters is 2. The molecule has 1 saturated heterocycles. The maximum atomic E-state index is 12.5. The molecule has 4 rings (SSSR count). The number of allylic oxidation sites excluding steroid dienone is 3. The fraction of sp³-hybridized carbons (Fsp3) is 0.455. The number of unbranched alkanes of at least 4 members (excludes halogenated alkanes) is 1. The van der Waals surface area contributed by atoms with Crippen molar-refractivity contribution >= 4 is 17.5 Å². The monoisotopic (exact) mass is 562 g/mol. The number of rotatable bonds is 13. The van der Waals surface area contributed by atoms with Crippen molar-refractivity contribution < 1.29 is 28.5 Å². The van der Waals surface area contributed by atoms with Crippen LogP contribution in [0.3, 0.4) is 0 Å². The van der Waals surface area contributed by atoms with Crippen molar-refractivity contribution in [2.24, 2.45) is 11.5 Å². The van der Waals surface area contributed by atoms with Gasteiger partial charge in [-0.05, 0) is 73.2 Å². The van der Waals surface area contributed by atoms with Crippen LogP contribution in [0.4, 0.5) is 0 Å². The molecule has 0 radical (unpaired) electrons. The van der Waals surface area contributed by atoms with Gasteiger partial charge in [0, 0.05) is 18.8 Å². The highest BCUT2D eigenvalue weighted by atomic mass is 16.7. The molecule has 2 atom stereocenters. The lowest BCUT2D eigenvalue weighted by molar-refractivity contribution is -0.161. The lowest BCUT2D eigenvalue weighted by Crippen LogP contribution is -2.34. The number of hydrogen-bond acceptors (Lipinski definition) is 8. The van der Waals surface area contributed by atoms with Crippen LogP contribution < -0.4 is 16.2 Å². The fourth-order valence-electron chi connectivity index (χ4n) is 5.23. The van der Waals surface area contributed by atoms with Crippen molar-refractivity contribution in [1.82, 2.24) is 0 Å². The molecule has 0 amide bonds. The first-order chi connectivity index (χ1) is 19.9. The first kappa shape index (κ1) is 30.7. The van der Waals surface area contributed by atoms with Crippen molar-refractivity contribution in [3.05, 3.63) is 83.4 Å². The second-order valence-electron chi connectivity index (χ2n) is 10.6. The summed E-state index contributed by atoms with van der Waals surface area (Å²) in [6.07, 6.45) is 10.6. The third-order valence-electron chi connectivity index (χ3n) is 7.56. The lowest BCUT2D eigenvalue weighted by atomic mass is 9.89. The molecule has 1 unspecified atom stereocenters. The van der Waals surface area contributed by atoms with Crippen molar-refractivity contribution in [2.45, 2.75) is 76.2 Å². The summed E-state index contributed by atoms with van der Waals surface area (Å²) in [5, 5.41) is 0. The molecule has 8 nitrogen and oxygen atoms in total. The average molecular weight is 563 g/mol. The van der Waals surface area contributed by atoms with Gasteiger partial charge in [-0.25, -0.2) is 4.79 Å². The van der Waals surface area contributed by atoms with E-state index in [1.807, 2.05) is 43.3 Å². The van der Waals surface area contributed by atoms with Crippen LogP contribution in [0.1, 0.15) is 74.5 Å². The van der Waals surface area contributed by atoms with Crippen LogP contribution in [-0.4, -0.2) is 43.5 Å². The summed E-state index contributed by atoms with van der Waals surface area (Å²) in [6.45, 7) is 4.21. The van der Waals surface area contributed by atoms with Crippen LogP contribution >= 0.6 is 0 Å². The third kappa shape index (κ3) is 8.84. The molecule has 4 N–H and O–H groups in total. The molecule has 8 heteroatoms. The van der Waals surface area contributed by atoms with E-state index >= 15 is 0 Å². The number of ether oxygens (including phenoxy) is 4. The van der Waals surface area contributed by atoms with Crippen molar-refractivity contribution in [3.8, 4) is 5.75 Å². The highest BCUT2D eigenvalue weighted by Gasteiger charge is 2.37. The van der Waals surface area contributed by atoms with Gasteiger partial charge in [0.05, 0.1) is 19.6 Å². The highest BCUT2D eigenvalue weighted by molar-refractivity contribution is 5.88. The minimum Gasteiger partial charge on any atom is -0.489 e. The SMILES string of the molecule is CC=CC(CC(=O)OC(=O)[C@@H](N)CCCCN)c1ccc(OCc2cccc(C3=CCC4(CC3)OCCO4)c2)cc1. The summed E-state index contributed by atoms with van der Waals surface area (Å²) < 4.78 is 22.8. The highest BCUT2D eigenvalue weighted by Crippen LogP contribution is 2.38. The molecule has 0 saturated carbocycles. The van der Waals surface area contributed by atoms with Gasteiger partial charge < -0.3 is 30.4 Å². The minimum atomic E-state index is -0.824. The number of carbonyl (C=O) groups excluding carboxylic acids is 2. The second-order valence-corrected chi connectivity index (χ2v) is 10.6. The predicted molar refractivity (Wildman–Crippen MR) is 158 cm³/mol. The van der Waals surface area contributed by atoms with E-state index in [9.17, 15) is 9.59 Å². The van der Waals surface area contributed by atoms with E-state index in [1.54, 1.807) is 0 Å². The van der Waals surface area contributed by atoms with Crippen LogP contribution in [0, 0.1) is 0 Å². The molecule has 1 spiro atoms. The Labute approximate surface area is 242 Å². The standard InChI is InChI=1S/C33H42N2O6/c1-2-6-27(22-31(36)41-32(37)30(35)9-3-4-18-34)25-10-12-29(13-11-25)38-23-24-7-5-8-28(21-24)26-14-16-33(17-15-26)39-19-20-40-33/h2,5-8,10-14,21,27,30H,3-4,9,15-20,22-23,34-35H2,1H3/t27?,30-/m0/s1. The molecular weight excluding hydrogens is 520 g/mol. The Balaban J connectivity index is 1.29. The molecule has 0 bridgehead atoms. The maximum Gasteiger partial charge on any atom is 0.330 e. The first-order valence-corrected chi connectivity index (χ1v) is 14.5. The van der Waals surface area contributed by atoms with Crippen molar-refractivity contribution in [1.29, 1.82) is 0 Å². The summed E-state index contributed by atoms with van der Waals surface area (Å²) in [5.74, 6) is -1.21. The van der Waals surface area contributed by atoms with E-state index in [-0.39, 0.29) is 12.3 Å². The normalized spacial score (nSPS) is 17.8. The van der Waals surface area contributed by atoms with Gasteiger partial charge in [-0.15, -0.1) is 0 Å². The smallest absolute Gasteiger partial charge is 0.330 e. The summed E-state index contributed by atoms with van der Waals surface area (Å²) in [4.78, 5) is 24.7. The molecule has 0 aromatic heterocycles. The summed E-state index contributed by atoms with van der Waals surface area (Å²) >= 11 is 0. The van der Waals surface area contributed by atoms with Crippen LogP contribution in [-0.2, 0) is 30.4 Å². The number of carbonyl (C=O) groups is 2. The number of nitrogens with two attached hydrogens (primary N) is 2. The van der Waals surface area contributed by atoms with Crippen molar-refractivity contribution in [3.63, 3.8) is 0 Å². The Morgan fingerprint density at radius 1 is 1.10 bits per heavy atom. The largest absolute Gasteiger partial charge is 0.489 e. The second kappa shape index (κ2) is 15.1. The quantitative estimate of drug-likeness (QED) is 0.149. The molecule has 2 aromatic carbocycles. The van der Waals surface area contributed by atoms with E-state index in [2.05, 4.69) is 30.3 Å². The Hall–Kier alpha value is -3.30. The Morgan fingerprint density at radius 3 is 2.56 bits per heavy atom. The fourth-order valence-corrected chi connectivity index (χ4v) is 5.23. The Bertz CT molecular complexity index is 1220. The van der Waals surface area contributed by atoms with Gasteiger partial charge in [-0.3, -0.25) is 4.79 Å². The molecular formula is C33H42N2O6. The van der Waals surface area contributed by atoms with Gasteiger partial charge >= 0.3 is 11.9 Å². The summed E-state index contributed by atoms with van der Waals surface area (Å²) in [5.41, 5.74) is 15.8. The zero-order chi connectivity index (χ0) is 29.1. The molecule has 2 aliphatic rings. The van der Waals surface area contributed by atoms with Crippen molar-refractivity contribution in [2.75, 3.05) is 19.8 Å². The van der Waals surface area contributed by atoms with E-state index in [0.29, 0.717) is 39.2 Å². The summed E-state index contributed by atoms with van der Waals surface area (Å²) in [6, 6.07) is 15.3. The van der Waals surface area contributed by atoms with E-state index < -0.39 is 23.8 Å².